The molecule has 2 rings (SSSR count). The molecule has 142 valence electrons. The van der Waals surface area contributed by atoms with Crippen molar-refractivity contribution in [1.82, 2.24) is 9.97 Å². The minimum Gasteiger partial charge on any atom is -0.394 e. The van der Waals surface area contributed by atoms with Crippen LogP contribution in [-0.2, 0) is 6.18 Å². The number of nitrogens with zero attached hydrogens (tertiary/aromatic N) is 2. The zero-order chi connectivity index (χ0) is 19.5. The number of aliphatic hydroxyl groups excluding tert-OH is 1. The number of nitrogens with one attached hydrogen (secondary N) is 2. The SMILES string of the molecule is Cc1cc(F)ccc1Nc1cc(C(F)(F)F)nc(N[C@H](CO)C(C)C)n1. The van der Waals surface area contributed by atoms with Crippen molar-refractivity contribution in [3.63, 3.8) is 0 Å². The van der Waals surface area contributed by atoms with Gasteiger partial charge in [0.15, 0.2) is 5.69 Å². The summed E-state index contributed by atoms with van der Waals surface area (Å²) in [5.74, 6) is -0.842. The van der Waals surface area contributed by atoms with Gasteiger partial charge in [-0.15, -0.1) is 0 Å². The normalized spacial score (nSPS) is 13.0. The van der Waals surface area contributed by atoms with Crippen LogP contribution in [0.4, 0.5) is 35.0 Å². The maximum atomic E-state index is 13.2. The second-order valence-electron chi connectivity index (χ2n) is 6.22. The molecular formula is C17H20F4N4O. The lowest BCUT2D eigenvalue weighted by Gasteiger charge is -2.21. The van der Waals surface area contributed by atoms with Crippen molar-refractivity contribution in [3.8, 4) is 0 Å². The maximum Gasteiger partial charge on any atom is 0.433 e. The minimum atomic E-state index is -4.67. The molecule has 0 fully saturated rings. The third kappa shape index (κ3) is 5.04. The van der Waals surface area contributed by atoms with E-state index < -0.39 is 23.7 Å². The van der Waals surface area contributed by atoms with Crippen molar-refractivity contribution in [1.29, 1.82) is 0 Å². The van der Waals surface area contributed by atoms with Gasteiger partial charge in [0.05, 0.1) is 12.6 Å². The lowest BCUT2D eigenvalue weighted by molar-refractivity contribution is -0.141. The third-order valence-electron chi connectivity index (χ3n) is 3.78. The predicted octanol–water partition coefficient (Wildman–Crippen LogP) is 4.12. The molecule has 0 spiro atoms. The summed E-state index contributed by atoms with van der Waals surface area (Å²) >= 11 is 0. The Kier molecular flexibility index (Phi) is 6.01. The lowest BCUT2D eigenvalue weighted by atomic mass is 10.1. The van der Waals surface area contributed by atoms with E-state index in [1.807, 2.05) is 13.8 Å². The van der Waals surface area contributed by atoms with Gasteiger partial charge < -0.3 is 15.7 Å². The molecule has 0 aliphatic heterocycles. The molecule has 0 radical (unpaired) electrons. The van der Waals surface area contributed by atoms with Gasteiger partial charge in [0.1, 0.15) is 11.6 Å². The summed E-state index contributed by atoms with van der Waals surface area (Å²) in [7, 11) is 0. The summed E-state index contributed by atoms with van der Waals surface area (Å²) in [6.07, 6.45) is -4.67. The average molecular weight is 372 g/mol. The summed E-state index contributed by atoms with van der Waals surface area (Å²) in [5, 5.41) is 14.8. The van der Waals surface area contributed by atoms with Crippen molar-refractivity contribution in [2.75, 3.05) is 17.2 Å². The molecular weight excluding hydrogens is 352 g/mol. The van der Waals surface area contributed by atoms with Crippen molar-refractivity contribution in [2.24, 2.45) is 5.92 Å². The van der Waals surface area contributed by atoms with Crippen molar-refractivity contribution < 1.29 is 22.7 Å². The van der Waals surface area contributed by atoms with Gasteiger partial charge in [-0.05, 0) is 36.6 Å². The molecule has 0 amide bonds. The molecule has 26 heavy (non-hydrogen) atoms. The van der Waals surface area contributed by atoms with Crippen molar-refractivity contribution in [2.45, 2.75) is 33.0 Å². The zero-order valence-corrected chi connectivity index (χ0v) is 14.5. The van der Waals surface area contributed by atoms with Crippen LogP contribution in [0.15, 0.2) is 24.3 Å². The highest BCUT2D eigenvalue weighted by Crippen LogP contribution is 2.31. The summed E-state index contributed by atoms with van der Waals surface area (Å²) in [4.78, 5) is 7.53. The first-order valence-electron chi connectivity index (χ1n) is 7.97. The number of hydrogen-bond acceptors (Lipinski definition) is 5. The molecule has 0 saturated heterocycles. The number of benzene rings is 1. The van der Waals surface area contributed by atoms with Gasteiger partial charge >= 0.3 is 6.18 Å². The Bertz CT molecular complexity index is 765. The first-order valence-corrected chi connectivity index (χ1v) is 7.97. The average Bonchev–Trinajstić information content (AvgIpc) is 2.54. The van der Waals surface area contributed by atoms with Crippen molar-refractivity contribution >= 4 is 17.5 Å². The Morgan fingerprint density at radius 2 is 1.85 bits per heavy atom. The molecule has 1 aromatic heterocycles. The van der Waals surface area contributed by atoms with E-state index in [1.165, 1.54) is 18.2 Å². The van der Waals surface area contributed by atoms with Crippen molar-refractivity contribution in [3.05, 3.63) is 41.3 Å². The van der Waals surface area contributed by atoms with Gasteiger partial charge in [0.2, 0.25) is 5.95 Å². The number of anilines is 3. The Morgan fingerprint density at radius 1 is 1.15 bits per heavy atom. The molecule has 9 heteroatoms. The Hall–Kier alpha value is -2.42. The molecule has 2 aromatic rings. The molecule has 0 unspecified atom stereocenters. The number of aryl methyl sites for hydroxylation is 1. The van der Waals surface area contributed by atoms with Gasteiger partial charge in [-0.3, -0.25) is 0 Å². The maximum absolute atomic E-state index is 13.2. The van der Waals surface area contributed by atoms with E-state index in [-0.39, 0.29) is 24.3 Å². The Balaban J connectivity index is 2.39. The van der Waals surface area contributed by atoms with Crippen LogP contribution in [-0.4, -0.2) is 27.7 Å². The Labute approximate surface area is 148 Å². The molecule has 1 heterocycles. The Morgan fingerprint density at radius 3 is 2.38 bits per heavy atom. The summed E-state index contributed by atoms with van der Waals surface area (Å²) in [6, 6.07) is 4.14. The highest BCUT2D eigenvalue weighted by atomic mass is 19.4. The molecule has 1 atom stereocenters. The van der Waals surface area contributed by atoms with E-state index in [4.69, 9.17) is 0 Å². The molecule has 0 aliphatic carbocycles. The summed E-state index contributed by atoms with van der Waals surface area (Å²) in [6.45, 7) is 4.96. The van der Waals surface area contributed by atoms with Gasteiger partial charge in [0.25, 0.3) is 0 Å². The zero-order valence-electron chi connectivity index (χ0n) is 14.5. The van der Waals surface area contributed by atoms with Crippen LogP contribution >= 0.6 is 0 Å². The van der Waals surface area contributed by atoms with Crippen LogP contribution in [0.2, 0.25) is 0 Å². The van der Waals surface area contributed by atoms with Crippen LogP contribution in [0, 0.1) is 18.7 Å². The van der Waals surface area contributed by atoms with E-state index in [0.29, 0.717) is 11.3 Å². The van der Waals surface area contributed by atoms with E-state index in [1.54, 1.807) is 6.92 Å². The van der Waals surface area contributed by atoms with E-state index >= 15 is 0 Å². The molecule has 3 N–H and O–H groups in total. The highest BCUT2D eigenvalue weighted by Gasteiger charge is 2.34. The topological polar surface area (TPSA) is 70.1 Å². The van der Waals surface area contributed by atoms with Gasteiger partial charge in [-0.25, -0.2) is 9.37 Å². The van der Waals surface area contributed by atoms with Gasteiger partial charge in [0, 0.05) is 11.8 Å². The number of hydrogen-bond donors (Lipinski definition) is 3. The largest absolute Gasteiger partial charge is 0.433 e. The molecule has 1 aromatic carbocycles. The van der Waals surface area contributed by atoms with E-state index in [2.05, 4.69) is 20.6 Å². The van der Waals surface area contributed by atoms with Gasteiger partial charge in [-0.2, -0.15) is 18.2 Å². The second kappa shape index (κ2) is 7.86. The smallest absolute Gasteiger partial charge is 0.394 e. The fourth-order valence-electron chi connectivity index (χ4n) is 2.22. The number of alkyl halides is 3. The number of halogens is 4. The predicted molar refractivity (Wildman–Crippen MR) is 90.8 cm³/mol. The first kappa shape index (κ1) is 19.9. The van der Waals surface area contributed by atoms with Gasteiger partial charge in [-0.1, -0.05) is 13.8 Å². The van der Waals surface area contributed by atoms with E-state index in [0.717, 1.165) is 6.07 Å². The number of aromatic nitrogens is 2. The molecule has 0 aliphatic rings. The fraction of sp³-hybridized carbons (Fsp3) is 0.412. The van der Waals surface area contributed by atoms with Crippen LogP contribution < -0.4 is 10.6 Å². The van der Waals surface area contributed by atoms with E-state index in [9.17, 15) is 22.7 Å². The summed E-state index contributed by atoms with van der Waals surface area (Å²) in [5.41, 5.74) is -0.188. The quantitative estimate of drug-likeness (QED) is 0.666. The monoisotopic (exact) mass is 372 g/mol. The highest BCUT2D eigenvalue weighted by molar-refractivity contribution is 5.61. The number of rotatable bonds is 6. The standard InChI is InChI=1S/C17H20F4N4O/c1-9(2)13(8-26)23-16-24-14(17(19,20)21)7-15(25-16)22-12-5-4-11(18)6-10(12)3/h4-7,9,13,26H,8H2,1-3H3,(H2,22,23,24,25)/t13-/m1/s1. The van der Waals surface area contributed by atoms with Crippen LogP contribution in [0.5, 0.6) is 0 Å². The fourth-order valence-corrected chi connectivity index (χ4v) is 2.22. The third-order valence-corrected chi connectivity index (χ3v) is 3.78. The lowest BCUT2D eigenvalue weighted by Crippen LogP contribution is -2.30. The van der Waals surface area contributed by atoms with Crippen LogP contribution in [0.1, 0.15) is 25.1 Å². The molecule has 0 bridgehead atoms. The number of aliphatic hydroxyl groups is 1. The molecule has 5 nitrogen and oxygen atoms in total. The molecule has 0 saturated carbocycles. The minimum absolute atomic E-state index is 0.0473. The van der Waals surface area contributed by atoms with Crippen LogP contribution in [0.3, 0.4) is 0 Å². The van der Waals surface area contributed by atoms with Crippen LogP contribution in [0.25, 0.3) is 0 Å². The first-order chi connectivity index (χ1) is 12.1. The second-order valence-corrected chi connectivity index (χ2v) is 6.22. The summed E-state index contributed by atoms with van der Waals surface area (Å²) < 4.78 is 52.6.